The van der Waals surface area contributed by atoms with Crippen molar-refractivity contribution >= 4 is 11.5 Å². The Morgan fingerprint density at radius 2 is 1.79 bits per heavy atom. The summed E-state index contributed by atoms with van der Waals surface area (Å²) in [6.07, 6.45) is 3.65. The van der Waals surface area contributed by atoms with Gasteiger partial charge in [-0.2, -0.15) is 9.61 Å². The molecule has 144 valence electrons. The van der Waals surface area contributed by atoms with Crippen LogP contribution in [0.15, 0.2) is 61.3 Å². The molecular formula is C22H19N5O2. The Hall–Kier alpha value is -3.74. The maximum absolute atomic E-state index is 9.52. The quantitative estimate of drug-likeness (QED) is 0.526. The van der Waals surface area contributed by atoms with E-state index in [1.807, 2.05) is 24.3 Å². The van der Waals surface area contributed by atoms with Crippen LogP contribution in [0.4, 0.5) is 0 Å². The zero-order chi connectivity index (χ0) is 20.0. The summed E-state index contributed by atoms with van der Waals surface area (Å²) in [4.78, 5) is 4.44. The second kappa shape index (κ2) is 6.41. The average Bonchev–Trinajstić information content (AvgIpc) is 3.46. The summed E-state index contributed by atoms with van der Waals surface area (Å²) in [5.74, 6) is 2.14. The number of hydrogen-bond donors (Lipinski definition) is 1. The topological polar surface area (TPSA) is 85.4 Å². The molecule has 2 aromatic carbocycles. The third-order valence-electron chi connectivity index (χ3n) is 5.47. The van der Waals surface area contributed by atoms with Crippen molar-refractivity contribution in [3.05, 3.63) is 78.3 Å². The van der Waals surface area contributed by atoms with Crippen LogP contribution in [0.5, 0.6) is 5.75 Å². The molecule has 5 rings (SSSR count). The zero-order valence-corrected chi connectivity index (χ0v) is 15.9. The highest BCUT2D eigenvalue weighted by atomic mass is 16.5. The molecule has 0 unspecified atom stereocenters. The van der Waals surface area contributed by atoms with Gasteiger partial charge >= 0.3 is 0 Å². The van der Waals surface area contributed by atoms with Gasteiger partial charge in [0.1, 0.15) is 17.2 Å². The van der Waals surface area contributed by atoms with Crippen molar-refractivity contribution in [3.63, 3.8) is 0 Å². The number of rotatable bonds is 5. The van der Waals surface area contributed by atoms with E-state index >= 15 is 0 Å². The lowest BCUT2D eigenvalue weighted by molar-refractivity contribution is 0.414. The molecule has 1 aliphatic carbocycles. The van der Waals surface area contributed by atoms with Crippen LogP contribution in [0.2, 0.25) is 0 Å². The second-order valence-corrected chi connectivity index (χ2v) is 7.21. The number of fused-ring (bicyclic) bond motifs is 1. The van der Waals surface area contributed by atoms with Crippen LogP contribution >= 0.6 is 0 Å². The SMILES string of the molecule is C=C(O)c1ccc(-c2cnc3nnc(C4(c5ccc(OC)cc5)CC4)n3n2)cc1. The predicted octanol–water partition coefficient (Wildman–Crippen LogP) is 3.80. The number of aromatic nitrogens is 5. The first-order valence-corrected chi connectivity index (χ1v) is 9.33. The Bertz CT molecular complexity index is 1210. The van der Waals surface area contributed by atoms with E-state index < -0.39 is 0 Å². The maximum atomic E-state index is 9.52. The van der Waals surface area contributed by atoms with Gasteiger partial charge in [-0.25, -0.2) is 4.98 Å². The molecule has 1 N–H and O–H groups in total. The fourth-order valence-corrected chi connectivity index (χ4v) is 3.64. The number of aliphatic hydroxyl groups excluding tert-OH is 1. The van der Waals surface area contributed by atoms with Gasteiger partial charge in [0.2, 0.25) is 0 Å². The molecule has 1 saturated carbocycles. The van der Waals surface area contributed by atoms with Crippen LogP contribution in [-0.2, 0) is 5.41 Å². The predicted molar refractivity (Wildman–Crippen MR) is 109 cm³/mol. The van der Waals surface area contributed by atoms with E-state index in [4.69, 9.17) is 9.84 Å². The van der Waals surface area contributed by atoms with E-state index in [1.165, 1.54) is 5.56 Å². The van der Waals surface area contributed by atoms with Gasteiger partial charge in [0, 0.05) is 11.1 Å². The number of hydrogen-bond acceptors (Lipinski definition) is 6. The van der Waals surface area contributed by atoms with E-state index in [-0.39, 0.29) is 11.2 Å². The Balaban J connectivity index is 1.57. The Kier molecular flexibility index (Phi) is 3.84. The highest BCUT2D eigenvalue weighted by Crippen LogP contribution is 2.52. The van der Waals surface area contributed by atoms with Gasteiger partial charge in [-0.1, -0.05) is 43.0 Å². The molecule has 29 heavy (non-hydrogen) atoms. The lowest BCUT2D eigenvalue weighted by Gasteiger charge is -2.14. The Morgan fingerprint density at radius 1 is 1.07 bits per heavy atom. The minimum atomic E-state index is -0.197. The Morgan fingerprint density at radius 3 is 2.41 bits per heavy atom. The zero-order valence-electron chi connectivity index (χ0n) is 15.9. The molecule has 0 bridgehead atoms. The molecule has 4 aromatic rings. The summed E-state index contributed by atoms with van der Waals surface area (Å²) >= 11 is 0. The minimum Gasteiger partial charge on any atom is -0.508 e. The highest BCUT2D eigenvalue weighted by Gasteiger charge is 2.50. The first-order chi connectivity index (χ1) is 14.1. The number of nitrogens with zero attached hydrogens (tertiary/aromatic N) is 5. The fraction of sp³-hybridized carbons (Fsp3) is 0.182. The van der Waals surface area contributed by atoms with Crippen LogP contribution in [0.3, 0.4) is 0 Å². The molecule has 0 amide bonds. The van der Waals surface area contributed by atoms with Crippen molar-refractivity contribution in [3.8, 4) is 17.0 Å². The van der Waals surface area contributed by atoms with Crippen molar-refractivity contribution in [1.82, 2.24) is 24.8 Å². The summed E-state index contributed by atoms with van der Waals surface area (Å²) in [6, 6.07) is 15.4. The molecule has 0 radical (unpaired) electrons. The van der Waals surface area contributed by atoms with Crippen molar-refractivity contribution in [1.29, 1.82) is 0 Å². The van der Waals surface area contributed by atoms with E-state index in [0.29, 0.717) is 17.0 Å². The number of methoxy groups -OCH3 is 1. The van der Waals surface area contributed by atoms with Gasteiger partial charge in [0.05, 0.1) is 18.7 Å². The average molecular weight is 385 g/mol. The minimum absolute atomic E-state index is 0.0364. The smallest absolute Gasteiger partial charge is 0.271 e. The monoisotopic (exact) mass is 385 g/mol. The molecule has 7 heteroatoms. The van der Waals surface area contributed by atoms with Gasteiger partial charge in [-0.05, 0) is 30.5 Å². The lowest BCUT2D eigenvalue weighted by atomic mass is 9.95. The first-order valence-electron chi connectivity index (χ1n) is 9.33. The van der Waals surface area contributed by atoms with Crippen LogP contribution in [0.1, 0.15) is 29.8 Å². The second-order valence-electron chi connectivity index (χ2n) is 7.21. The molecule has 0 aliphatic heterocycles. The van der Waals surface area contributed by atoms with Gasteiger partial charge in [0.25, 0.3) is 5.78 Å². The molecule has 0 saturated heterocycles. The molecule has 2 aromatic heterocycles. The van der Waals surface area contributed by atoms with Crippen LogP contribution in [-0.4, -0.2) is 37.0 Å². The standard InChI is InChI=1S/C22H19N5O2/c1-14(28)15-3-5-16(6-4-15)19-13-23-21-25-24-20(27(21)26-19)22(11-12-22)17-7-9-18(29-2)10-8-17/h3-10,13,28H,1,11-12H2,2H3. The summed E-state index contributed by atoms with van der Waals surface area (Å²) < 4.78 is 7.02. The summed E-state index contributed by atoms with van der Waals surface area (Å²) in [5.41, 5.74) is 3.24. The van der Waals surface area contributed by atoms with E-state index in [9.17, 15) is 5.11 Å². The van der Waals surface area contributed by atoms with Gasteiger partial charge in [-0.3, -0.25) is 0 Å². The molecule has 0 spiro atoms. The van der Waals surface area contributed by atoms with E-state index in [2.05, 4.69) is 33.9 Å². The summed E-state index contributed by atoms with van der Waals surface area (Å²) in [5, 5.41) is 22.9. The molecule has 0 atom stereocenters. The third-order valence-corrected chi connectivity index (χ3v) is 5.47. The number of aliphatic hydroxyl groups is 1. The summed E-state index contributed by atoms with van der Waals surface area (Å²) in [6.45, 7) is 3.55. The summed E-state index contributed by atoms with van der Waals surface area (Å²) in [7, 11) is 1.66. The van der Waals surface area contributed by atoms with Crippen molar-refractivity contribution in [2.45, 2.75) is 18.3 Å². The first kappa shape index (κ1) is 17.4. The van der Waals surface area contributed by atoms with Crippen LogP contribution in [0, 0.1) is 0 Å². The van der Waals surface area contributed by atoms with Crippen LogP contribution in [0.25, 0.3) is 22.8 Å². The van der Waals surface area contributed by atoms with Gasteiger partial charge in [0.15, 0.2) is 5.82 Å². The normalized spacial score (nSPS) is 14.7. The lowest BCUT2D eigenvalue weighted by Crippen LogP contribution is -2.15. The third kappa shape index (κ3) is 2.82. The molecule has 7 nitrogen and oxygen atoms in total. The molecule has 1 fully saturated rings. The molecular weight excluding hydrogens is 366 g/mol. The van der Waals surface area contributed by atoms with Crippen molar-refractivity contribution < 1.29 is 9.84 Å². The maximum Gasteiger partial charge on any atom is 0.271 e. The highest BCUT2D eigenvalue weighted by molar-refractivity contribution is 5.64. The molecule has 1 aliphatic rings. The number of ether oxygens (including phenoxy) is 1. The van der Waals surface area contributed by atoms with Crippen molar-refractivity contribution in [2.24, 2.45) is 0 Å². The van der Waals surface area contributed by atoms with Gasteiger partial charge < -0.3 is 9.84 Å². The Labute approximate surface area is 167 Å². The van der Waals surface area contributed by atoms with Crippen LogP contribution < -0.4 is 4.74 Å². The molecule has 2 heterocycles. The van der Waals surface area contributed by atoms with E-state index in [0.717, 1.165) is 30.0 Å². The van der Waals surface area contributed by atoms with Gasteiger partial charge in [-0.15, -0.1) is 10.2 Å². The van der Waals surface area contributed by atoms with E-state index in [1.54, 1.807) is 30.0 Å². The fourth-order valence-electron chi connectivity index (χ4n) is 3.64. The number of benzene rings is 2. The largest absolute Gasteiger partial charge is 0.508 e. The van der Waals surface area contributed by atoms with Crippen molar-refractivity contribution in [2.75, 3.05) is 7.11 Å².